The second kappa shape index (κ2) is 18.0. The average Bonchev–Trinajstić information content (AvgIpc) is 2.76. The van der Waals surface area contributed by atoms with Gasteiger partial charge in [-0.1, -0.05) is 0 Å². The molecule has 0 unspecified atom stereocenters. The minimum absolute atomic E-state index is 0.0205. The summed E-state index contributed by atoms with van der Waals surface area (Å²) in [5, 5.41) is 54.5. The third-order valence-electron chi connectivity index (χ3n) is 5.33. The van der Waals surface area contributed by atoms with E-state index in [1.807, 2.05) is 0 Å². The highest BCUT2D eigenvalue weighted by Crippen LogP contribution is 2.10. The predicted molar refractivity (Wildman–Crippen MR) is 122 cm³/mol. The third kappa shape index (κ3) is 17.2. The molecule has 15 heteroatoms. The predicted octanol–water partition coefficient (Wildman–Crippen LogP) is -0.891. The van der Waals surface area contributed by atoms with E-state index in [2.05, 4.69) is 0 Å². The molecular formula is C21H35N3O12. The van der Waals surface area contributed by atoms with Crippen LogP contribution in [0.2, 0.25) is 0 Å². The quantitative estimate of drug-likeness (QED) is 0.0956. The first-order valence-corrected chi connectivity index (χ1v) is 11.3. The average molecular weight is 522 g/mol. The summed E-state index contributed by atoms with van der Waals surface area (Å²) in [5.74, 6) is -6.86. The Morgan fingerprint density at radius 3 is 1.00 bits per heavy atom. The second-order valence-corrected chi connectivity index (χ2v) is 8.08. The normalized spacial score (nSPS) is 12.1. The fourth-order valence-electron chi connectivity index (χ4n) is 3.37. The molecule has 0 radical (unpaired) electrons. The smallest absolute Gasteiger partial charge is 0.320 e. The minimum atomic E-state index is -1.29. The molecule has 0 saturated carbocycles. The van der Waals surface area contributed by atoms with Crippen LogP contribution in [0.1, 0.15) is 38.5 Å². The van der Waals surface area contributed by atoms with Crippen molar-refractivity contribution in [1.29, 1.82) is 0 Å². The fraction of sp³-hybridized carbons (Fsp3) is 0.714. The van der Waals surface area contributed by atoms with Crippen LogP contribution < -0.4 is 0 Å². The van der Waals surface area contributed by atoms with E-state index >= 15 is 0 Å². The molecule has 0 aliphatic carbocycles. The van der Waals surface area contributed by atoms with Crippen LogP contribution >= 0.6 is 0 Å². The first kappa shape index (κ1) is 32.7. The van der Waals surface area contributed by atoms with Crippen LogP contribution in [0, 0.1) is 0 Å². The molecule has 1 atom stereocenters. The zero-order chi connectivity index (χ0) is 27.7. The topological polar surface area (TPSA) is 234 Å². The van der Waals surface area contributed by atoms with Gasteiger partial charge in [-0.15, -0.1) is 0 Å². The van der Waals surface area contributed by atoms with Crippen molar-refractivity contribution >= 4 is 35.8 Å². The van der Waals surface area contributed by atoms with Gasteiger partial charge in [-0.05, 0) is 6.42 Å². The maximum Gasteiger partial charge on any atom is 0.320 e. The van der Waals surface area contributed by atoms with E-state index in [4.69, 9.17) is 25.5 Å². The van der Waals surface area contributed by atoms with Gasteiger partial charge in [0.25, 0.3) is 0 Å². The highest BCUT2D eigenvalue weighted by atomic mass is 16.4. The Morgan fingerprint density at radius 1 is 0.444 bits per heavy atom. The first-order chi connectivity index (χ1) is 16.8. The molecule has 0 aromatic rings. The van der Waals surface area contributed by atoms with E-state index in [0.29, 0.717) is 0 Å². The lowest BCUT2D eigenvalue weighted by Crippen LogP contribution is -2.49. The van der Waals surface area contributed by atoms with Crippen molar-refractivity contribution in [1.82, 2.24) is 14.7 Å². The van der Waals surface area contributed by atoms with Crippen LogP contribution in [0.5, 0.6) is 0 Å². The molecule has 0 fully saturated rings. The van der Waals surface area contributed by atoms with Crippen molar-refractivity contribution < 1.29 is 59.4 Å². The summed E-state index contributed by atoms with van der Waals surface area (Å²) in [6.45, 7) is 0.338. The van der Waals surface area contributed by atoms with E-state index < -0.39 is 48.3 Å². The molecule has 0 amide bonds. The number of hydrogen-bond acceptors (Lipinski definition) is 9. The van der Waals surface area contributed by atoms with Gasteiger partial charge in [0, 0.05) is 58.8 Å². The molecule has 0 heterocycles. The highest BCUT2D eigenvalue weighted by Gasteiger charge is 2.27. The van der Waals surface area contributed by atoms with E-state index in [1.165, 1.54) is 4.90 Å². The summed E-state index contributed by atoms with van der Waals surface area (Å²) in [6, 6.07) is -1.23. The number of carboxylic acids is 6. The molecule has 0 aliphatic heterocycles. The van der Waals surface area contributed by atoms with E-state index in [-0.39, 0.29) is 84.5 Å². The van der Waals surface area contributed by atoms with Gasteiger partial charge >= 0.3 is 35.8 Å². The number of carboxylic acid groups (broad SMARTS) is 6. The summed E-state index contributed by atoms with van der Waals surface area (Å²) in [5.41, 5.74) is 0. The van der Waals surface area contributed by atoms with Crippen LogP contribution in [-0.4, -0.2) is 140 Å². The van der Waals surface area contributed by atoms with E-state index in [0.717, 1.165) is 0 Å². The highest BCUT2D eigenvalue weighted by molar-refractivity contribution is 5.75. The van der Waals surface area contributed by atoms with Crippen molar-refractivity contribution in [3.8, 4) is 0 Å². The maximum absolute atomic E-state index is 11.9. The van der Waals surface area contributed by atoms with Crippen molar-refractivity contribution in [3.63, 3.8) is 0 Å². The molecule has 15 nitrogen and oxygen atoms in total. The van der Waals surface area contributed by atoms with E-state index in [9.17, 15) is 33.9 Å². The summed E-state index contributed by atoms with van der Waals surface area (Å²) < 4.78 is 0. The molecule has 206 valence electrons. The van der Waals surface area contributed by atoms with Crippen LogP contribution in [0.4, 0.5) is 0 Å². The maximum atomic E-state index is 11.9. The molecule has 0 aromatic carbocycles. The monoisotopic (exact) mass is 521 g/mol. The van der Waals surface area contributed by atoms with Gasteiger partial charge in [0.05, 0.1) is 25.7 Å². The number of aliphatic carboxylic acids is 6. The molecule has 0 bridgehead atoms. The molecule has 0 rings (SSSR count). The zero-order valence-corrected chi connectivity index (χ0v) is 20.0. The summed E-state index contributed by atoms with van der Waals surface area (Å²) in [6.07, 6.45) is -1.73. The van der Waals surface area contributed by atoms with Crippen LogP contribution in [0.25, 0.3) is 0 Å². The van der Waals surface area contributed by atoms with E-state index in [1.54, 1.807) is 9.80 Å². The van der Waals surface area contributed by atoms with Gasteiger partial charge in [0.15, 0.2) is 0 Å². The largest absolute Gasteiger partial charge is 0.481 e. The molecule has 36 heavy (non-hydrogen) atoms. The molecular weight excluding hydrogens is 486 g/mol. The lowest BCUT2D eigenvalue weighted by molar-refractivity contribution is -0.145. The number of rotatable bonds is 23. The summed E-state index contributed by atoms with van der Waals surface area (Å²) >= 11 is 0. The fourth-order valence-corrected chi connectivity index (χ4v) is 3.37. The molecule has 0 saturated heterocycles. The second-order valence-electron chi connectivity index (χ2n) is 8.08. The number of carbonyl (C=O) groups is 6. The van der Waals surface area contributed by atoms with Crippen LogP contribution in [0.15, 0.2) is 0 Å². The first-order valence-electron chi connectivity index (χ1n) is 11.3. The van der Waals surface area contributed by atoms with Gasteiger partial charge in [0.1, 0.15) is 6.04 Å². The Bertz CT molecular complexity index is 680. The van der Waals surface area contributed by atoms with Gasteiger partial charge in [-0.25, -0.2) is 0 Å². The zero-order valence-electron chi connectivity index (χ0n) is 20.0. The number of hydrogen-bond donors (Lipinski definition) is 6. The van der Waals surface area contributed by atoms with Crippen molar-refractivity contribution in [2.45, 2.75) is 44.6 Å². The Balaban J connectivity index is 5.57. The van der Waals surface area contributed by atoms with Gasteiger partial charge in [-0.2, -0.15) is 0 Å². The van der Waals surface area contributed by atoms with Gasteiger partial charge in [-0.3, -0.25) is 33.7 Å². The standard InChI is InChI=1S/C21H35N3O12/c25-16(26)2-1-15(21(35)36)24(13-11-22(7-3-17(27)28)8-4-18(29)30)14-12-23(9-5-19(31)32)10-6-20(33)34/h15H,1-14H2,(H,25,26)(H,27,28)(H,29,30)(H,31,32)(H,33,34)(H,35,36)/t15-/m0/s1. The SMILES string of the molecule is O=C(O)CC[C@@H](C(=O)O)N(CCN(CCC(=O)O)CCC(=O)O)CCN(CCC(=O)O)CCC(=O)O. The molecule has 6 N–H and O–H groups in total. The van der Waals surface area contributed by atoms with Crippen LogP contribution in [0.3, 0.4) is 0 Å². The summed E-state index contributed by atoms with van der Waals surface area (Å²) in [7, 11) is 0. The van der Waals surface area contributed by atoms with Crippen molar-refractivity contribution in [2.24, 2.45) is 0 Å². The third-order valence-corrected chi connectivity index (χ3v) is 5.33. The molecule has 0 spiro atoms. The lowest BCUT2D eigenvalue weighted by atomic mass is 10.1. The Morgan fingerprint density at radius 2 is 0.750 bits per heavy atom. The van der Waals surface area contributed by atoms with Crippen molar-refractivity contribution in [3.05, 3.63) is 0 Å². The number of nitrogens with zero attached hydrogens (tertiary/aromatic N) is 3. The summed E-state index contributed by atoms with van der Waals surface area (Å²) in [4.78, 5) is 71.3. The van der Waals surface area contributed by atoms with Crippen LogP contribution in [-0.2, 0) is 28.8 Å². The molecule has 0 aliphatic rings. The Labute approximate surface area is 207 Å². The Kier molecular flexibility index (Phi) is 16.4. The van der Waals surface area contributed by atoms with Gasteiger partial charge < -0.3 is 40.4 Å². The Hall–Kier alpha value is -3.30. The van der Waals surface area contributed by atoms with Gasteiger partial charge in [0.2, 0.25) is 0 Å². The molecule has 0 aromatic heterocycles. The van der Waals surface area contributed by atoms with Crippen molar-refractivity contribution in [2.75, 3.05) is 52.4 Å². The lowest BCUT2D eigenvalue weighted by Gasteiger charge is -2.33. The minimum Gasteiger partial charge on any atom is -0.481 e.